The van der Waals surface area contributed by atoms with Gasteiger partial charge in [0.1, 0.15) is 12.3 Å². The third-order valence-electron chi connectivity index (χ3n) is 7.89. The molecule has 9 atom stereocenters. The van der Waals surface area contributed by atoms with Crippen molar-refractivity contribution in [1.82, 2.24) is 4.90 Å². The third-order valence-corrected chi connectivity index (χ3v) is 7.89. The normalized spacial score (nSPS) is 50.5. The van der Waals surface area contributed by atoms with Crippen molar-refractivity contribution in [3.05, 3.63) is 41.5 Å². The van der Waals surface area contributed by atoms with E-state index in [0.29, 0.717) is 5.92 Å². The first-order valence-corrected chi connectivity index (χ1v) is 9.73. The highest BCUT2D eigenvalue weighted by molar-refractivity contribution is 5.69. The lowest BCUT2D eigenvalue weighted by Crippen LogP contribution is -2.70. The van der Waals surface area contributed by atoms with E-state index in [1.54, 1.807) is 0 Å². The molecule has 0 radical (unpaired) electrons. The monoisotopic (exact) mass is 352 g/mol. The van der Waals surface area contributed by atoms with E-state index in [1.807, 2.05) is 6.92 Å². The molecule has 5 nitrogen and oxygen atoms in total. The molecule has 7 rings (SSSR count). The van der Waals surface area contributed by atoms with E-state index in [1.165, 1.54) is 18.2 Å². The molecular weight excluding hydrogens is 328 g/mol. The van der Waals surface area contributed by atoms with Gasteiger partial charge in [0.25, 0.3) is 0 Å². The number of para-hydroxylation sites is 1. The third kappa shape index (κ3) is 1.47. The first kappa shape index (κ1) is 15.2. The number of anilines is 1. The van der Waals surface area contributed by atoms with Gasteiger partial charge in [-0.3, -0.25) is 9.69 Å². The van der Waals surface area contributed by atoms with E-state index >= 15 is 0 Å². The Hall–Kier alpha value is -1.85. The molecule has 1 unspecified atom stereocenters. The summed E-state index contributed by atoms with van der Waals surface area (Å²) in [5, 5.41) is 14.8. The van der Waals surface area contributed by atoms with E-state index in [2.05, 4.69) is 40.6 Å². The SMILES string of the molecule is C/C=C1/[C@@H](O)N2[C@H]3C[C@@]45c6ccccc6N[C@H]4[C@@H]2C[C@@H]1[C@@H]3[C@H]5OC(C)=O. The Morgan fingerprint density at radius 3 is 2.96 bits per heavy atom. The summed E-state index contributed by atoms with van der Waals surface area (Å²) < 4.78 is 6.08. The Labute approximate surface area is 153 Å². The van der Waals surface area contributed by atoms with Crippen molar-refractivity contribution in [3.8, 4) is 0 Å². The first-order valence-electron chi connectivity index (χ1n) is 9.73. The van der Waals surface area contributed by atoms with Crippen molar-refractivity contribution >= 4 is 11.7 Å². The van der Waals surface area contributed by atoms with Gasteiger partial charge in [-0.15, -0.1) is 0 Å². The zero-order chi connectivity index (χ0) is 17.8. The summed E-state index contributed by atoms with van der Waals surface area (Å²) in [5.41, 5.74) is 3.41. The lowest BCUT2D eigenvalue weighted by Gasteiger charge is -2.59. The van der Waals surface area contributed by atoms with Gasteiger partial charge in [0.05, 0.1) is 11.5 Å². The molecule has 1 aromatic rings. The fourth-order valence-corrected chi connectivity index (χ4v) is 7.32. The van der Waals surface area contributed by atoms with Gasteiger partial charge in [-0.1, -0.05) is 24.3 Å². The quantitative estimate of drug-likeness (QED) is 0.598. The minimum absolute atomic E-state index is 0.131. The number of esters is 1. The van der Waals surface area contributed by atoms with Gasteiger partial charge >= 0.3 is 5.97 Å². The molecule has 1 spiro atoms. The molecule has 1 saturated carbocycles. The zero-order valence-corrected chi connectivity index (χ0v) is 15.1. The Bertz CT molecular complexity index is 851. The number of aliphatic hydroxyl groups excluding tert-OH is 1. The van der Waals surface area contributed by atoms with Gasteiger partial charge in [0.15, 0.2) is 0 Å². The largest absolute Gasteiger partial charge is 0.461 e. The Kier molecular flexibility index (Phi) is 2.75. The van der Waals surface area contributed by atoms with Crippen molar-refractivity contribution in [2.75, 3.05) is 5.32 Å². The van der Waals surface area contributed by atoms with Crippen LogP contribution in [0.25, 0.3) is 0 Å². The van der Waals surface area contributed by atoms with E-state index < -0.39 is 6.23 Å². The zero-order valence-electron chi connectivity index (χ0n) is 15.1. The van der Waals surface area contributed by atoms with Crippen molar-refractivity contribution in [3.63, 3.8) is 0 Å². The molecule has 0 aromatic heterocycles. The number of allylic oxidation sites excluding steroid dienone is 1. The van der Waals surface area contributed by atoms with Gasteiger partial charge in [0.2, 0.25) is 0 Å². The molecule has 5 fully saturated rings. The van der Waals surface area contributed by atoms with E-state index in [0.717, 1.165) is 18.4 Å². The molecule has 1 aromatic carbocycles. The highest BCUT2D eigenvalue weighted by atomic mass is 16.5. The summed E-state index contributed by atoms with van der Waals surface area (Å²) in [6.07, 6.45) is 3.43. The Morgan fingerprint density at radius 2 is 2.19 bits per heavy atom. The molecule has 2 N–H and O–H groups in total. The summed E-state index contributed by atoms with van der Waals surface area (Å²) in [7, 11) is 0. The predicted molar refractivity (Wildman–Crippen MR) is 96.5 cm³/mol. The van der Waals surface area contributed by atoms with E-state index in [4.69, 9.17) is 4.74 Å². The second-order valence-electron chi connectivity index (χ2n) is 8.61. The minimum Gasteiger partial charge on any atom is -0.461 e. The number of carbonyl (C=O) groups excluding carboxylic acids is 1. The fraction of sp³-hybridized carbons (Fsp3) is 0.571. The molecule has 1 aliphatic carbocycles. The second-order valence-corrected chi connectivity index (χ2v) is 8.61. The molecule has 5 heteroatoms. The van der Waals surface area contributed by atoms with Crippen LogP contribution in [-0.2, 0) is 14.9 Å². The fourth-order valence-electron chi connectivity index (χ4n) is 7.32. The topological polar surface area (TPSA) is 61.8 Å². The average molecular weight is 352 g/mol. The van der Waals surface area contributed by atoms with Crippen molar-refractivity contribution < 1.29 is 14.6 Å². The van der Waals surface area contributed by atoms with Gasteiger partial charge in [-0.05, 0) is 42.9 Å². The van der Waals surface area contributed by atoms with Crippen molar-refractivity contribution in [1.29, 1.82) is 0 Å². The Balaban J connectivity index is 1.59. The summed E-state index contributed by atoms with van der Waals surface area (Å²) in [6.45, 7) is 3.54. The first-order chi connectivity index (χ1) is 12.6. The van der Waals surface area contributed by atoms with Crippen LogP contribution < -0.4 is 5.32 Å². The van der Waals surface area contributed by atoms with Crippen LogP contribution in [0.5, 0.6) is 0 Å². The molecule has 4 saturated heterocycles. The van der Waals surface area contributed by atoms with Crippen LogP contribution in [0.2, 0.25) is 0 Å². The molecule has 5 heterocycles. The number of carbonyl (C=O) groups is 1. The predicted octanol–water partition coefficient (Wildman–Crippen LogP) is 2.02. The molecule has 6 aliphatic rings. The minimum atomic E-state index is -0.496. The van der Waals surface area contributed by atoms with E-state index in [-0.39, 0.29) is 41.5 Å². The Morgan fingerprint density at radius 1 is 1.38 bits per heavy atom. The van der Waals surface area contributed by atoms with Crippen molar-refractivity contribution in [2.24, 2.45) is 11.8 Å². The molecular formula is C21H24N2O3. The summed E-state index contributed by atoms with van der Waals surface area (Å²) in [5.74, 6) is 0.373. The molecule has 5 aliphatic heterocycles. The van der Waals surface area contributed by atoms with Crippen LogP contribution in [-0.4, -0.2) is 46.4 Å². The lowest BCUT2D eigenvalue weighted by atomic mass is 9.65. The standard InChI is InChI=1S/C21H24N2O3/c1-3-11-12-8-15-18-21(13-6-4-5-7-14(13)22-18)9-16(23(15)20(11)25)17(12)19(21)26-10(2)24/h3-7,12,15-20,22,25H,8-9H2,1-2H3/b11-3+/t12-,15-,16-,17-,18-,19+,20+,21+/m0/s1. The van der Waals surface area contributed by atoms with Gasteiger partial charge < -0.3 is 15.2 Å². The number of aliphatic hydroxyl groups is 1. The molecule has 26 heavy (non-hydrogen) atoms. The number of rotatable bonds is 1. The molecule has 136 valence electrons. The number of hydrogen-bond acceptors (Lipinski definition) is 5. The van der Waals surface area contributed by atoms with Crippen LogP contribution in [0, 0.1) is 11.8 Å². The van der Waals surface area contributed by atoms with Crippen LogP contribution in [0.3, 0.4) is 0 Å². The highest BCUT2D eigenvalue weighted by Gasteiger charge is 2.76. The van der Waals surface area contributed by atoms with Crippen LogP contribution in [0.15, 0.2) is 35.9 Å². The number of ether oxygens (including phenoxy) is 1. The van der Waals surface area contributed by atoms with Gasteiger partial charge in [-0.25, -0.2) is 0 Å². The maximum Gasteiger partial charge on any atom is 0.302 e. The highest BCUT2D eigenvalue weighted by Crippen LogP contribution is 2.68. The molecule has 5 bridgehead atoms. The number of fused-ring (bicyclic) bond motifs is 2. The number of hydrogen-bond donors (Lipinski definition) is 2. The number of nitrogens with one attached hydrogen (secondary N) is 1. The summed E-state index contributed by atoms with van der Waals surface area (Å²) in [6, 6.07) is 9.24. The molecule has 0 amide bonds. The van der Waals surface area contributed by atoms with Crippen LogP contribution >= 0.6 is 0 Å². The van der Waals surface area contributed by atoms with Crippen molar-refractivity contribution in [2.45, 2.75) is 62.6 Å². The van der Waals surface area contributed by atoms with Crippen LogP contribution in [0.4, 0.5) is 5.69 Å². The van der Waals surface area contributed by atoms with E-state index in [9.17, 15) is 9.90 Å². The van der Waals surface area contributed by atoms with Crippen LogP contribution in [0.1, 0.15) is 32.3 Å². The maximum absolute atomic E-state index is 12.1. The number of nitrogens with zero attached hydrogens (tertiary/aromatic N) is 1. The van der Waals surface area contributed by atoms with Gasteiger partial charge in [-0.2, -0.15) is 0 Å². The van der Waals surface area contributed by atoms with Gasteiger partial charge in [0, 0.05) is 30.6 Å². The smallest absolute Gasteiger partial charge is 0.302 e. The second kappa shape index (κ2) is 4.70. The average Bonchev–Trinajstić information content (AvgIpc) is 3.08. The maximum atomic E-state index is 12.1. The number of piperidine rings is 4. The summed E-state index contributed by atoms with van der Waals surface area (Å²) >= 11 is 0. The summed E-state index contributed by atoms with van der Waals surface area (Å²) in [4.78, 5) is 14.4. The lowest BCUT2D eigenvalue weighted by molar-refractivity contribution is -0.156. The number of benzene rings is 1.